The molecular formula is C11H18N4O. The van der Waals surface area contributed by atoms with Gasteiger partial charge in [-0.2, -0.15) is 0 Å². The maximum Gasteiger partial charge on any atom is 0.159 e. The molecule has 0 bridgehead atoms. The van der Waals surface area contributed by atoms with Crippen LogP contribution in [0.4, 0.5) is 0 Å². The second-order valence-electron chi connectivity index (χ2n) is 4.63. The Balaban J connectivity index is 1.71. The highest BCUT2D eigenvalue weighted by Gasteiger charge is 2.20. The van der Waals surface area contributed by atoms with Crippen LogP contribution in [0.3, 0.4) is 0 Å². The lowest BCUT2D eigenvalue weighted by molar-refractivity contribution is 0.0803. The first-order valence-corrected chi connectivity index (χ1v) is 6.13. The molecule has 16 heavy (non-hydrogen) atoms. The second kappa shape index (κ2) is 4.51. The number of rotatable bonds is 2. The van der Waals surface area contributed by atoms with Crippen molar-refractivity contribution >= 4 is 0 Å². The van der Waals surface area contributed by atoms with Crippen molar-refractivity contribution in [3.05, 3.63) is 11.6 Å². The molecule has 3 rings (SSSR count). The van der Waals surface area contributed by atoms with E-state index < -0.39 is 0 Å². The van der Waals surface area contributed by atoms with Gasteiger partial charge in [0.2, 0.25) is 0 Å². The first kappa shape index (κ1) is 10.2. The van der Waals surface area contributed by atoms with Crippen LogP contribution < -0.4 is 5.32 Å². The van der Waals surface area contributed by atoms with Crippen LogP contribution in [0.5, 0.6) is 0 Å². The van der Waals surface area contributed by atoms with E-state index in [0.717, 1.165) is 50.2 Å². The summed E-state index contributed by atoms with van der Waals surface area (Å²) in [6.45, 7) is 4.63. The highest BCUT2D eigenvalue weighted by atomic mass is 16.5. The van der Waals surface area contributed by atoms with Gasteiger partial charge >= 0.3 is 0 Å². The molecule has 1 aromatic heterocycles. The van der Waals surface area contributed by atoms with Crippen LogP contribution >= 0.6 is 0 Å². The van der Waals surface area contributed by atoms with Crippen molar-refractivity contribution in [2.75, 3.05) is 19.7 Å². The first-order valence-electron chi connectivity index (χ1n) is 6.13. The van der Waals surface area contributed by atoms with E-state index in [1.807, 2.05) is 0 Å². The van der Waals surface area contributed by atoms with Crippen molar-refractivity contribution in [1.82, 2.24) is 20.1 Å². The van der Waals surface area contributed by atoms with E-state index in [4.69, 9.17) is 4.74 Å². The summed E-state index contributed by atoms with van der Waals surface area (Å²) in [6.07, 6.45) is 3.60. The summed E-state index contributed by atoms with van der Waals surface area (Å²) < 4.78 is 7.61. The minimum absolute atomic E-state index is 0.624. The smallest absolute Gasteiger partial charge is 0.159 e. The number of aromatic nitrogens is 3. The predicted octanol–water partition coefficient (Wildman–Crippen LogP) is 0.350. The van der Waals surface area contributed by atoms with Gasteiger partial charge in [0.05, 0.1) is 6.61 Å². The molecule has 88 valence electrons. The normalized spacial score (nSPS) is 22.0. The van der Waals surface area contributed by atoms with Crippen LogP contribution in [-0.2, 0) is 24.3 Å². The van der Waals surface area contributed by atoms with Gasteiger partial charge in [-0.1, -0.05) is 0 Å². The van der Waals surface area contributed by atoms with Gasteiger partial charge in [-0.25, -0.2) is 0 Å². The summed E-state index contributed by atoms with van der Waals surface area (Å²) in [7, 11) is 0. The molecule has 0 aromatic carbocycles. The highest BCUT2D eigenvalue weighted by molar-refractivity contribution is 4.98. The van der Waals surface area contributed by atoms with Gasteiger partial charge in [0.1, 0.15) is 12.4 Å². The van der Waals surface area contributed by atoms with Crippen LogP contribution in [0.15, 0.2) is 0 Å². The highest BCUT2D eigenvalue weighted by Crippen LogP contribution is 2.18. The predicted molar refractivity (Wildman–Crippen MR) is 59.0 cm³/mol. The number of nitrogens with one attached hydrogen (secondary N) is 1. The Hall–Kier alpha value is -0.940. The molecule has 1 aromatic rings. The summed E-state index contributed by atoms with van der Waals surface area (Å²) in [4.78, 5) is 0. The molecule has 0 spiro atoms. The molecule has 0 atom stereocenters. The lowest BCUT2D eigenvalue weighted by Crippen LogP contribution is -2.29. The van der Waals surface area contributed by atoms with E-state index in [1.165, 1.54) is 12.8 Å². The average Bonchev–Trinajstić information content (AvgIpc) is 2.74. The molecule has 2 aliphatic rings. The molecule has 0 saturated carbocycles. The van der Waals surface area contributed by atoms with Gasteiger partial charge in [0.25, 0.3) is 0 Å². The zero-order valence-electron chi connectivity index (χ0n) is 9.48. The Kier molecular flexibility index (Phi) is 2.88. The average molecular weight is 222 g/mol. The molecule has 0 aliphatic carbocycles. The van der Waals surface area contributed by atoms with Crippen molar-refractivity contribution in [1.29, 1.82) is 0 Å². The number of fused-ring (bicyclic) bond motifs is 1. The SMILES string of the molecule is C1CC(Cc2nnc3n2CCOC3)CCN1. The largest absolute Gasteiger partial charge is 0.372 e. The van der Waals surface area contributed by atoms with E-state index in [-0.39, 0.29) is 0 Å². The quantitative estimate of drug-likeness (QED) is 0.784. The molecule has 1 N–H and O–H groups in total. The number of ether oxygens (including phenoxy) is 1. The standard InChI is InChI=1S/C11H18N4O/c1-3-12-4-2-9(1)7-10-13-14-11-8-16-6-5-15(10)11/h9,12H,1-8H2. The van der Waals surface area contributed by atoms with Crippen molar-refractivity contribution < 1.29 is 4.74 Å². The summed E-state index contributed by atoms with van der Waals surface area (Å²) in [5.74, 6) is 2.93. The zero-order valence-corrected chi connectivity index (χ0v) is 9.48. The number of nitrogens with zero attached hydrogens (tertiary/aromatic N) is 3. The molecule has 5 heteroatoms. The van der Waals surface area contributed by atoms with E-state index in [9.17, 15) is 0 Å². The fourth-order valence-corrected chi connectivity index (χ4v) is 2.55. The Morgan fingerprint density at radius 1 is 1.31 bits per heavy atom. The summed E-state index contributed by atoms with van der Waals surface area (Å²) >= 11 is 0. The molecule has 3 heterocycles. The lowest BCUT2D eigenvalue weighted by Gasteiger charge is -2.23. The topological polar surface area (TPSA) is 52.0 Å². The van der Waals surface area contributed by atoms with Crippen molar-refractivity contribution in [3.63, 3.8) is 0 Å². The van der Waals surface area contributed by atoms with Gasteiger partial charge in [0.15, 0.2) is 5.82 Å². The first-order chi connectivity index (χ1) is 7.93. The maximum atomic E-state index is 5.37. The van der Waals surface area contributed by atoms with Gasteiger partial charge in [-0.3, -0.25) is 0 Å². The van der Waals surface area contributed by atoms with Crippen LogP contribution in [-0.4, -0.2) is 34.5 Å². The van der Waals surface area contributed by atoms with Crippen LogP contribution in [0.25, 0.3) is 0 Å². The summed E-state index contributed by atoms with van der Waals surface area (Å²) in [6, 6.07) is 0. The summed E-state index contributed by atoms with van der Waals surface area (Å²) in [5.41, 5.74) is 0. The third-order valence-corrected chi connectivity index (χ3v) is 3.52. The minimum Gasteiger partial charge on any atom is -0.372 e. The molecule has 1 saturated heterocycles. The van der Waals surface area contributed by atoms with Crippen LogP contribution in [0, 0.1) is 5.92 Å². The van der Waals surface area contributed by atoms with E-state index in [0.29, 0.717) is 6.61 Å². The van der Waals surface area contributed by atoms with Crippen molar-refractivity contribution in [2.45, 2.75) is 32.4 Å². The molecule has 0 amide bonds. The Labute approximate surface area is 95.2 Å². The van der Waals surface area contributed by atoms with Gasteiger partial charge in [-0.05, 0) is 31.8 Å². The minimum atomic E-state index is 0.624. The second-order valence-corrected chi connectivity index (χ2v) is 4.63. The summed E-state index contributed by atoms with van der Waals surface area (Å²) in [5, 5.41) is 11.9. The third-order valence-electron chi connectivity index (χ3n) is 3.52. The lowest BCUT2D eigenvalue weighted by atomic mass is 9.94. The van der Waals surface area contributed by atoms with Gasteiger partial charge in [0, 0.05) is 13.0 Å². The third kappa shape index (κ3) is 1.97. The molecule has 0 radical (unpaired) electrons. The van der Waals surface area contributed by atoms with Crippen molar-refractivity contribution in [3.8, 4) is 0 Å². The van der Waals surface area contributed by atoms with Gasteiger partial charge in [-0.15, -0.1) is 10.2 Å². The number of hydrogen-bond acceptors (Lipinski definition) is 4. The fourth-order valence-electron chi connectivity index (χ4n) is 2.55. The molecule has 1 fully saturated rings. The van der Waals surface area contributed by atoms with E-state index >= 15 is 0 Å². The maximum absolute atomic E-state index is 5.37. The Morgan fingerprint density at radius 2 is 2.19 bits per heavy atom. The van der Waals surface area contributed by atoms with E-state index in [1.54, 1.807) is 0 Å². The Morgan fingerprint density at radius 3 is 3.06 bits per heavy atom. The van der Waals surface area contributed by atoms with Crippen LogP contribution in [0.1, 0.15) is 24.5 Å². The fraction of sp³-hybridized carbons (Fsp3) is 0.818. The Bertz CT molecular complexity index is 357. The molecule has 0 unspecified atom stereocenters. The number of piperidine rings is 1. The monoisotopic (exact) mass is 222 g/mol. The zero-order chi connectivity index (χ0) is 10.8. The van der Waals surface area contributed by atoms with E-state index in [2.05, 4.69) is 20.1 Å². The number of hydrogen-bond donors (Lipinski definition) is 1. The van der Waals surface area contributed by atoms with Gasteiger partial charge < -0.3 is 14.6 Å². The molecule has 2 aliphatic heterocycles. The van der Waals surface area contributed by atoms with Crippen molar-refractivity contribution in [2.24, 2.45) is 5.92 Å². The van der Waals surface area contributed by atoms with Crippen LogP contribution in [0.2, 0.25) is 0 Å². The molecular weight excluding hydrogens is 204 g/mol. The molecule has 5 nitrogen and oxygen atoms in total.